The van der Waals surface area contributed by atoms with E-state index in [0.717, 1.165) is 18.7 Å². The van der Waals surface area contributed by atoms with Crippen LogP contribution in [0.4, 0.5) is 0 Å². The molecular weight excluding hydrogens is 284 g/mol. The minimum absolute atomic E-state index is 0.0476. The Morgan fingerprint density at radius 3 is 2.82 bits per heavy atom. The number of rotatable bonds is 5. The number of hydrogen-bond acceptors (Lipinski definition) is 6. The molecule has 122 valence electrons. The topological polar surface area (TPSA) is 78.8 Å². The zero-order valence-electron chi connectivity index (χ0n) is 13.4. The Morgan fingerprint density at radius 2 is 2.23 bits per heavy atom. The molecule has 0 aliphatic carbocycles. The van der Waals surface area contributed by atoms with Crippen LogP contribution in [0.25, 0.3) is 0 Å². The van der Waals surface area contributed by atoms with Crippen LogP contribution in [0.3, 0.4) is 0 Å². The lowest BCUT2D eigenvalue weighted by Crippen LogP contribution is -2.50. The maximum Gasteiger partial charge on any atom is 0.233 e. The highest BCUT2D eigenvalue weighted by Gasteiger charge is 2.35. The molecule has 0 aromatic carbocycles. The van der Waals surface area contributed by atoms with E-state index >= 15 is 0 Å². The van der Waals surface area contributed by atoms with Gasteiger partial charge in [-0.3, -0.25) is 9.69 Å². The van der Waals surface area contributed by atoms with Gasteiger partial charge in [-0.2, -0.15) is 5.10 Å². The van der Waals surface area contributed by atoms with E-state index in [0.29, 0.717) is 25.4 Å². The van der Waals surface area contributed by atoms with E-state index < -0.39 is 5.60 Å². The molecule has 0 radical (unpaired) electrons. The summed E-state index contributed by atoms with van der Waals surface area (Å²) < 4.78 is 4.99. The van der Waals surface area contributed by atoms with Gasteiger partial charge in [0.05, 0.1) is 24.8 Å². The maximum absolute atomic E-state index is 11.9. The Hall–Kier alpha value is -1.73. The number of carbonyl (C=O) groups is 1. The van der Waals surface area contributed by atoms with Gasteiger partial charge < -0.3 is 14.7 Å². The number of β-amino-alcohol motifs (C(OH)–C–C–N with tert-alkyl or cyclic N) is 1. The summed E-state index contributed by atoms with van der Waals surface area (Å²) in [7, 11) is 4.97. The van der Waals surface area contributed by atoms with Gasteiger partial charge in [-0.1, -0.05) is 0 Å². The van der Waals surface area contributed by atoms with Crippen LogP contribution in [-0.2, 0) is 11.3 Å². The Kier molecular flexibility index (Phi) is 5.31. The number of likely N-dealkylation sites (tertiary alicyclic amines) is 1. The van der Waals surface area contributed by atoms with Gasteiger partial charge >= 0.3 is 0 Å². The highest BCUT2D eigenvalue weighted by Crippen LogP contribution is 2.26. The number of carbonyl (C=O) groups excluding carboxylic acids is 1. The Morgan fingerprint density at radius 1 is 1.45 bits per heavy atom. The molecule has 1 aliphatic rings. The summed E-state index contributed by atoms with van der Waals surface area (Å²) in [6, 6.07) is 3.64. The molecule has 1 saturated heterocycles. The molecule has 1 aromatic rings. The fourth-order valence-electron chi connectivity index (χ4n) is 2.69. The van der Waals surface area contributed by atoms with Crippen LogP contribution in [0.2, 0.25) is 0 Å². The number of ether oxygens (including phenoxy) is 1. The van der Waals surface area contributed by atoms with E-state index in [-0.39, 0.29) is 12.3 Å². The summed E-state index contributed by atoms with van der Waals surface area (Å²) in [6.07, 6.45) is 1.67. The number of piperidine rings is 1. The predicted molar refractivity (Wildman–Crippen MR) is 81.4 cm³/mol. The third-order valence-electron chi connectivity index (χ3n) is 3.90. The lowest BCUT2D eigenvalue weighted by atomic mass is 9.89. The number of aliphatic hydroxyl groups is 1. The Balaban J connectivity index is 1.95. The van der Waals surface area contributed by atoms with Gasteiger partial charge in [-0.25, -0.2) is 0 Å². The summed E-state index contributed by atoms with van der Waals surface area (Å²) in [5, 5.41) is 18.7. The molecule has 1 aromatic heterocycles. The molecule has 1 fully saturated rings. The van der Waals surface area contributed by atoms with E-state index in [2.05, 4.69) is 15.1 Å². The summed E-state index contributed by atoms with van der Waals surface area (Å²) in [5.74, 6) is 0.434. The maximum atomic E-state index is 11.9. The fourth-order valence-corrected chi connectivity index (χ4v) is 2.69. The molecule has 1 atom stereocenters. The molecule has 22 heavy (non-hydrogen) atoms. The smallest absolute Gasteiger partial charge is 0.233 e. The van der Waals surface area contributed by atoms with Gasteiger partial charge in [0.2, 0.25) is 11.8 Å². The van der Waals surface area contributed by atoms with Crippen LogP contribution < -0.4 is 4.74 Å². The van der Waals surface area contributed by atoms with Crippen LogP contribution in [0.1, 0.15) is 25.0 Å². The van der Waals surface area contributed by atoms with Crippen molar-refractivity contribution in [2.45, 2.75) is 31.4 Å². The van der Waals surface area contributed by atoms with Gasteiger partial charge in [0.1, 0.15) is 0 Å². The Bertz CT molecular complexity index is 506. The molecule has 7 heteroatoms. The minimum atomic E-state index is -0.959. The third kappa shape index (κ3) is 4.38. The van der Waals surface area contributed by atoms with Crippen molar-refractivity contribution in [1.82, 2.24) is 20.0 Å². The summed E-state index contributed by atoms with van der Waals surface area (Å²) in [6.45, 7) is 1.96. The van der Waals surface area contributed by atoms with Crippen LogP contribution in [0, 0.1) is 0 Å². The minimum Gasteiger partial charge on any atom is -0.480 e. The molecule has 0 spiro atoms. The van der Waals surface area contributed by atoms with Crippen molar-refractivity contribution in [3.63, 3.8) is 0 Å². The van der Waals surface area contributed by atoms with Crippen LogP contribution >= 0.6 is 0 Å². The average molecular weight is 308 g/mol. The molecule has 1 amide bonds. The zero-order valence-corrected chi connectivity index (χ0v) is 13.4. The monoisotopic (exact) mass is 308 g/mol. The number of hydrogen-bond donors (Lipinski definition) is 1. The molecule has 1 N–H and O–H groups in total. The van der Waals surface area contributed by atoms with E-state index in [1.807, 2.05) is 6.07 Å². The number of amides is 1. The van der Waals surface area contributed by atoms with Gasteiger partial charge in [0.25, 0.3) is 0 Å². The third-order valence-corrected chi connectivity index (χ3v) is 3.90. The lowest BCUT2D eigenvalue weighted by Gasteiger charge is -2.39. The van der Waals surface area contributed by atoms with Crippen molar-refractivity contribution >= 4 is 5.91 Å². The van der Waals surface area contributed by atoms with Crippen molar-refractivity contribution in [1.29, 1.82) is 0 Å². The molecule has 2 rings (SSSR count). The largest absolute Gasteiger partial charge is 0.480 e. The average Bonchev–Trinajstić information content (AvgIpc) is 2.47. The molecule has 7 nitrogen and oxygen atoms in total. The fraction of sp³-hybridized carbons (Fsp3) is 0.667. The molecular formula is C15H24N4O3. The second kappa shape index (κ2) is 7.02. The van der Waals surface area contributed by atoms with Gasteiger partial charge in [0, 0.05) is 33.3 Å². The van der Waals surface area contributed by atoms with Crippen molar-refractivity contribution < 1.29 is 14.6 Å². The number of nitrogens with zero attached hydrogens (tertiary/aromatic N) is 4. The molecule has 1 aliphatic heterocycles. The predicted octanol–water partition coefficient (Wildman–Crippen LogP) is 0.290. The highest BCUT2D eigenvalue weighted by atomic mass is 16.5. The first-order valence-electron chi connectivity index (χ1n) is 7.43. The standard InChI is InChI=1S/C15H24N4O3/c1-18(2)14(20)9-15(21)7-4-8-19(11-15)10-12-5-6-13(22-3)17-16-12/h5-6,21H,4,7-11H2,1-3H3. The zero-order chi connectivity index (χ0) is 16.2. The quantitative estimate of drug-likeness (QED) is 0.842. The normalized spacial score (nSPS) is 22.4. The second-order valence-corrected chi connectivity index (χ2v) is 6.07. The van der Waals surface area contributed by atoms with Crippen molar-refractivity contribution in [2.24, 2.45) is 0 Å². The molecule has 2 heterocycles. The van der Waals surface area contributed by atoms with Crippen LogP contribution in [-0.4, -0.2) is 70.9 Å². The summed E-state index contributed by atoms with van der Waals surface area (Å²) in [5.41, 5.74) is -0.136. The van der Waals surface area contributed by atoms with E-state index in [4.69, 9.17) is 4.74 Å². The number of aromatic nitrogens is 2. The van der Waals surface area contributed by atoms with E-state index in [9.17, 15) is 9.90 Å². The van der Waals surface area contributed by atoms with E-state index in [1.54, 1.807) is 27.3 Å². The SMILES string of the molecule is COc1ccc(CN2CCCC(O)(CC(=O)N(C)C)C2)nn1. The van der Waals surface area contributed by atoms with Gasteiger partial charge in [0.15, 0.2) is 0 Å². The molecule has 0 bridgehead atoms. The van der Waals surface area contributed by atoms with E-state index in [1.165, 1.54) is 4.90 Å². The number of methoxy groups -OCH3 is 1. The van der Waals surface area contributed by atoms with Gasteiger partial charge in [-0.15, -0.1) is 5.10 Å². The van der Waals surface area contributed by atoms with Crippen LogP contribution in [0.5, 0.6) is 5.88 Å². The second-order valence-electron chi connectivity index (χ2n) is 6.07. The van der Waals surface area contributed by atoms with Crippen LogP contribution in [0.15, 0.2) is 12.1 Å². The molecule has 0 saturated carbocycles. The first-order chi connectivity index (χ1) is 10.4. The molecule has 1 unspecified atom stereocenters. The first-order valence-corrected chi connectivity index (χ1v) is 7.43. The van der Waals surface area contributed by atoms with Crippen molar-refractivity contribution in [2.75, 3.05) is 34.3 Å². The summed E-state index contributed by atoms with van der Waals surface area (Å²) >= 11 is 0. The van der Waals surface area contributed by atoms with Crippen molar-refractivity contribution in [3.8, 4) is 5.88 Å². The highest BCUT2D eigenvalue weighted by molar-refractivity contribution is 5.76. The summed E-state index contributed by atoms with van der Waals surface area (Å²) in [4.78, 5) is 15.5. The van der Waals surface area contributed by atoms with Crippen molar-refractivity contribution in [3.05, 3.63) is 17.8 Å². The first kappa shape index (κ1) is 16.6. The lowest BCUT2D eigenvalue weighted by molar-refractivity contribution is -0.136. The van der Waals surface area contributed by atoms with Gasteiger partial charge in [-0.05, 0) is 25.5 Å². The Labute approximate surface area is 130 Å².